The molecule has 0 saturated carbocycles. The van der Waals surface area contributed by atoms with Crippen LogP contribution in [-0.2, 0) is 12.7 Å². The summed E-state index contributed by atoms with van der Waals surface area (Å²) in [5, 5.41) is 13.2. The normalized spacial score (nSPS) is 12.0. The summed E-state index contributed by atoms with van der Waals surface area (Å²) < 4.78 is 41.5. The summed E-state index contributed by atoms with van der Waals surface area (Å²) in [6.45, 7) is 1.08. The first-order valence-electron chi connectivity index (χ1n) is 7.81. The summed E-state index contributed by atoms with van der Waals surface area (Å²) in [5.74, 6) is -0.558. The van der Waals surface area contributed by atoms with Crippen LogP contribution in [0.1, 0.15) is 26.3 Å². The quantitative estimate of drug-likeness (QED) is 0.667. The van der Waals surface area contributed by atoms with Crippen LogP contribution in [0.25, 0.3) is 11.5 Å². The SMILES string of the molecule is O=C(NCc1cccs1)c1bc2c(C(F)(F)F)cc(/C=C\CO)cn2c1Cl. The molecule has 0 saturated heterocycles. The molecule has 27 heavy (non-hydrogen) atoms. The fraction of sp³-hybridized carbons (Fsp3) is 0.176. The first kappa shape index (κ1) is 19.7. The Morgan fingerprint density at radius 1 is 1.44 bits per heavy atom. The molecular formula is C17H13BClF3N2O2S. The van der Waals surface area contributed by atoms with Gasteiger partial charge in [0.1, 0.15) is 0 Å². The molecule has 0 unspecified atom stereocenters. The number of alkyl halides is 3. The van der Waals surface area contributed by atoms with Gasteiger partial charge in [0.25, 0.3) is 0 Å². The van der Waals surface area contributed by atoms with Crippen LogP contribution >= 0.6 is 22.9 Å². The van der Waals surface area contributed by atoms with Gasteiger partial charge in [0.2, 0.25) is 0 Å². The number of carbonyl (C=O) groups excluding carboxylic acids is 1. The summed E-state index contributed by atoms with van der Waals surface area (Å²) in [5.41, 5.74) is -0.967. The Balaban J connectivity index is 2.03. The molecule has 0 aromatic carbocycles. The fourth-order valence-electron chi connectivity index (χ4n) is 2.60. The predicted octanol–water partition coefficient (Wildman–Crippen LogP) is 3.95. The van der Waals surface area contributed by atoms with Crippen molar-refractivity contribution in [2.75, 3.05) is 6.61 Å². The number of rotatable bonds is 5. The van der Waals surface area contributed by atoms with Gasteiger partial charge in [-0.3, -0.25) is 0 Å². The number of hydrogen-bond donors (Lipinski definition) is 2. The molecule has 3 rings (SSSR count). The number of hydrogen-bond acceptors (Lipinski definition) is 3. The molecule has 3 aromatic rings. The van der Waals surface area contributed by atoms with Gasteiger partial charge in [-0.25, -0.2) is 0 Å². The van der Waals surface area contributed by atoms with Gasteiger partial charge in [-0.1, -0.05) is 0 Å². The number of thiophene rings is 1. The third kappa shape index (κ3) is 4.26. The van der Waals surface area contributed by atoms with Gasteiger partial charge in [0.15, 0.2) is 0 Å². The second kappa shape index (κ2) is 7.88. The van der Waals surface area contributed by atoms with Crippen molar-refractivity contribution in [2.24, 2.45) is 0 Å². The van der Waals surface area contributed by atoms with Crippen molar-refractivity contribution in [2.45, 2.75) is 12.7 Å². The van der Waals surface area contributed by atoms with Gasteiger partial charge in [0, 0.05) is 0 Å². The molecule has 0 aliphatic heterocycles. The fourth-order valence-corrected chi connectivity index (χ4v) is 3.53. The van der Waals surface area contributed by atoms with E-state index in [-0.39, 0.29) is 34.7 Å². The molecule has 0 spiro atoms. The Bertz CT molecular complexity index is 1000. The van der Waals surface area contributed by atoms with Crippen molar-refractivity contribution in [3.63, 3.8) is 0 Å². The number of fused-ring (bicyclic) bond motifs is 1. The van der Waals surface area contributed by atoms with Crippen molar-refractivity contribution in [1.82, 2.24) is 9.72 Å². The van der Waals surface area contributed by atoms with E-state index in [1.807, 2.05) is 17.5 Å². The molecule has 0 aliphatic rings. The van der Waals surface area contributed by atoms with E-state index >= 15 is 0 Å². The average molecular weight is 413 g/mol. The van der Waals surface area contributed by atoms with Crippen LogP contribution in [0.15, 0.2) is 35.9 Å². The van der Waals surface area contributed by atoms with E-state index in [1.54, 1.807) is 0 Å². The summed E-state index contributed by atoms with van der Waals surface area (Å²) in [6.07, 6.45) is -0.583. The Hall–Kier alpha value is -2.10. The molecule has 0 fully saturated rings. The Labute approximate surface area is 162 Å². The molecule has 0 radical (unpaired) electrons. The van der Waals surface area contributed by atoms with E-state index in [1.165, 1.54) is 29.7 Å². The van der Waals surface area contributed by atoms with Gasteiger partial charge in [-0.15, -0.1) is 0 Å². The van der Waals surface area contributed by atoms with Crippen LogP contribution in [-0.4, -0.2) is 28.9 Å². The van der Waals surface area contributed by atoms with Crippen molar-refractivity contribution in [1.29, 1.82) is 0 Å². The zero-order valence-electron chi connectivity index (χ0n) is 13.8. The molecule has 10 heteroatoms. The van der Waals surface area contributed by atoms with Gasteiger partial charge in [0.05, 0.1) is 0 Å². The van der Waals surface area contributed by atoms with E-state index < -0.39 is 17.6 Å². The summed E-state index contributed by atoms with van der Waals surface area (Å²) in [4.78, 5) is 13.3. The van der Waals surface area contributed by atoms with Crippen LogP contribution in [0.4, 0.5) is 13.2 Å². The molecular weight excluding hydrogens is 400 g/mol. The number of carbonyl (C=O) groups is 1. The van der Waals surface area contributed by atoms with Crippen LogP contribution in [0.3, 0.4) is 0 Å². The van der Waals surface area contributed by atoms with Crippen molar-refractivity contribution in [3.05, 3.63) is 62.5 Å². The second-order valence-corrected chi connectivity index (χ2v) is 7.03. The number of amides is 1. The monoisotopic (exact) mass is 412 g/mol. The predicted molar refractivity (Wildman–Crippen MR) is 100 cm³/mol. The van der Waals surface area contributed by atoms with Crippen molar-refractivity contribution >= 4 is 47.2 Å². The minimum absolute atomic E-state index is 0.0398. The summed E-state index contributed by atoms with van der Waals surface area (Å²) >= 11 is 7.66. The molecule has 2 N–H and O–H groups in total. The van der Waals surface area contributed by atoms with E-state index in [4.69, 9.17) is 16.7 Å². The summed E-state index contributed by atoms with van der Waals surface area (Å²) in [7, 11) is 0. The third-order valence-electron chi connectivity index (χ3n) is 3.81. The van der Waals surface area contributed by atoms with E-state index in [0.717, 1.165) is 22.3 Å². The van der Waals surface area contributed by atoms with Crippen LogP contribution in [0, 0.1) is 0 Å². The Kier molecular flexibility index (Phi) is 5.73. The molecule has 3 heterocycles. The maximum atomic E-state index is 13.5. The molecule has 0 bridgehead atoms. The topological polar surface area (TPSA) is 53.7 Å². The first-order chi connectivity index (χ1) is 12.8. The Morgan fingerprint density at radius 3 is 2.85 bits per heavy atom. The molecule has 4 nitrogen and oxygen atoms in total. The zero-order chi connectivity index (χ0) is 19.6. The number of aliphatic hydroxyl groups is 1. The number of halogens is 4. The average Bonchev–Trinajstić information content (AvgIpc) is 3.25. The van der Waals surface area contributed by atoms with E-state index in [9.17, 15) is 18.0 Å². The van der Waals surface area contributed by atoms with Gasteiger partial charge in [-0.2, -0.15) is 0 Å². The molecule has 1 amide bonds. The first-order valence-corrected chi connectivity index (χ1v) is 9.07. The third-order valence-corrected chi connectivity index (χ3v) is 5.07. The van der Waals surface area contributed by atoms with E-state index in [0.29, 0.717) is 0 Å². The van der Waals surface area contributed by atoms with Crippen molar-refractivity contribution < 1.29 is 23.1 Å². The van der Waals surface area contributed by atoms with Crippen LogP contribution < -0.4 is 5.32 Å². The molecule has 140 valence electrons. The van der Waals surface area contributed by atoms with Gasteiger partial charge in [-0.05, 0) is 0 Å². The summed E-state index contributed by atoms with van der Waals surface area (Å²) in [6, 6.07) is 4.62. The van der Waals surface area contributed by atoms with Crippen LogP contribution in [0.5, 0.6) is 0 Å². The number of aromatic nitrogens is 1. The second-order valence-electron chi connectivity index (χ2n) is 5.64. The minimum atomic E-state index is -4.63. The molecule has 0 atom stereocenters. The molecule has 3 aromatic heterocycles. The number of nitrogens with zero attached hydrogens (tertiary/aromatic N) is 1. The number of nitrogens with one attached hydrogen (secondary N) is 1. The Morgan fingerprint density at radius 2 is 2.22 bits per heavy atom. The van der Waals surface area contributed by atoms with E-state index in [2.05, 4.69) is 5.32 Å². The standard InChI is InChI=1S/C17H13BClF3N2O2S/c19-15-13(16(26)23-8-11-4-2-6-27-11)18-14-12(17(20,21)22)7-10(3-1-5-25)9-24(14)15/h1-4,6-7,9,25H,5,8H2,(H,23,26)/b3-1-. The van der Waals surface area contributed by atoms with Gasteiger partial charge >= 0.3 is 162 Å². The van der Waals surface area contributed by atoms with Crippen LogP contribution in [0.2, 0.25) is 5.15 Å². The number of aliphatic hydroxyl groups excluding tert-OH is 1. The number of pyridine rings is 1. The van der Waals surface area contributed by atoms with Crippen molar-refractivity contribution in [3.8, 4) is 0 Å². The zero-order valence-corrected chi connectivity index (χ0v) is 15.3. The maximum absolute atomic E-state index is 13.5. The molecule has 0 aliphatic carbocycles. The van der Waals surface area contributed by atoms with Gasteiger partial charge < -0.3 is 0 Å².